The van der Waals surface area contributed by atoms with Crippen LogP contribution in [0.1, 0.15) is 12.0 Å². The summed E-state index contributed by atoms with van der Waals surface area (Å²) in [7, 11) is 3.42. The van der Waals surface area contributed by atoms with Crippen molar-refractivity contribution >= 4 is 6.03 Å². The van der Waals surface area contributed by atoms with Gasteiger partial charge >= 0.3 is 6.03 Å². The second-order valence-corrected chi connectivity index (χ2v) is 4.79. The molecular formula is C14H20N2O3. The van der Waals surface area contributed by atoms with Crippen molar-refractivity contribution in [2.45, 2.75) is 19.0 Å². The SMILES string of the molecule is COc1ccc(CN2CC(CCO)N(C)C2=O)cc1. The molecule has 1 saturated heterocycles. The molecule has 1 aliphatic heterocycles. The lowest BCUT2D eigenvalue weighted by atomic mass is 10.2. The molecule has 1 aromatic carbocycles. The maximum atomic E-state index is 12.1. The summed E-state index contributed by atoms with van der Waals surface area (Å²) in [5.41, 5.74) is 1.08. The van der Waals surface area contributed by atoms with Crippen LogP contribution in [0.4, 0.5) is 4.79 Å². The molecule has 0 spiro atoms. The molecule has 19 heavy (non-hydrogen) atoms. The van der Waals surface area contributed by atoms with Crippen LogP contribution in [0.5, 0.6) is 5.75 Å². The topological polar surface area (TPSA) is 53.0 Å². The first-order chi connectivity index (χ1) is 9.15. The molecule has 1 atom stereocenters. The average Bonchev–Trinajstić information content (AvgIpc) is 2.69. The van der Waals surface area contributed by atoms with Crippen molar-refractivity contribution < 1.29 is 14.6 Å². The Hall–Kier alpha value is -1.75. The third-order valence-electron chi connectivity index (χ3n) is 3.55. The Labute approximate surface area is 113 Å². The van der Waals surface area contributed by atoms with Crippen LogP contribution in [-0.4, -0.2) is 54.3 Å². The van der Waals surface area contributed by atoms with E-state index in [2.05, 4.69) is 0 Å². The number of rotatable bonds is 5. The summed E-state index contributed by atoms with van der Waals surface area (Å²) in [6.07, 6.45) is 0.626. The maximum absolute atomic E-state index is 12.1. The zero-order valence-electron chi connectivity index (χ0n) is 11.4. The first-order valence-corrected chi connectivity index (χ1v) is 6.41. The van der Waals surface area contributed by atoms with E-state index in [-0.39, 0.29) is 18.7 Å². The molecule has 0 aromatic heterocycles. The van der Waals surface area contributed by atoms with Gasteiger partial charge in [-0.25, -0.2) is 4.79 Å². The van der Waals surface area contributed by atoms with E-state index in [0.29, 0.717) is 19.5 Å². The van der Waals surface area contributed by atoms with Gasteiger partial charge in [-0.15, -0.1) is 0 Å². The minimum Gasteiger partial charge on any atom is -0.497 e. The summed E-state index contributed by atoms with van der Waals surface area (Å²) >= 11 is 0. The van der Waals surface area contributed by atoms with Crippen molar-refractivity contribution in [2.24, 2.45) is 0 Å². The number of hydrogen-bond donors (Lipinski definition) is 1. The third kappa shape index (κ3) is 2.98. The largest absolute Gasteiger partial charge is 0.497 e. The lowest BCUT2D eigenvalue weighted by molar-refractivity contribution is 0.190. The van der Waals surface area contributed by atoms with E-state index in [0.717, 1.165) is 11.3 Å². The third-order valence-corrected chi connectivity index (χ3v) is 3.55. The smallest absolute Gasteiger partial charge is 0.320 e. The predicted molar refractivity (Wildman–Crippen MR) is 72.1 cm³/mol. The van der Waals surface area contributed by atoms with Crippen LogP contribution >= 0.6 is 0 Å². The number of carbonyl (C=O) groups excluding carboxylic acids is 1. The van der Waals surface area contributed by atoms with Crippen LogP contribution in [0.25, 0.3) is 0 Å². The van der Waals surface area contributed by atoms with Gasteiger partial charge in [-0.3, -0.25) is 0 Å². The van der Waals surface area contributed by atoms with Gasteiger partial charge in [0.05, 0.1) is 13.2 Å². The molecule has 5 heteroatoms. The highest BCUT2D eigenvalue weighted by Crippen LogP contribution is 2.20. The molecule has 2 amide bonds. The van der Waals surface area contributed by atoms with E-state index < -0.39 is 0 Å². The number of ether oxygens (including phenoxy) is 1. The molecule has 1 aromatic rings. The maximum Gasteiger partial charge on any atom is 0.320 e. The highest BCUT2D eigenvalue weighted by Gasteiger charge is 2.33. The second-order valence-electron chi connectivity index (χ2n) is 4.79. The Morgan fingerprint density at radius 3 is 2.63 bits per heavy atom. The Balaban J connectivity index is 2.00. The number of hydrogen-bond acceptors (Lipinski definition) is 3. The van der Waals surface area contributed by atoms with Crippen LogP contribution in [0.3, 0.4) is 0 Å². The summed E-state index contributed by atoms with van der Waals surface area (Å²) in [6.45, 7) is 1.37. The quantitative estimate of drug-likeness (QED) is 0.872. The van der Waals surface area contributed by atoms with E-state index in [4.69, 9.17) is 9.84 Å². The summed E-state index contributed by atoms with van der Waals surface area (Å²) in [5, 5.41) is 8.99. The number of likely N-dealkylation sites (N-methyl/N-ethyl adjacent to an activating group) is 1. The molecule has 1 heterocycles. The molecule has 1 unspecified atom stereocenters. The molecule has 0 aliphatic carbocycles. The molecule has 0 saturated carbocycles. The van der Waals surface area contributed by atoms with Gasteiger partial charge in [0, 0.05) is 26.7 Å². The number of amides is 2. The average molecular weight is 264 g/mol. The first-order valence-electron chi connectivity index (χ1n) is 6.41. The Bertz CT molecular complexity index is 433. The van der Waals surface area contributed by atoms with Gasteiger partial charge in [0.15, 0.2) is 0 Å². The summed E-state index contributed by atoms with van der Waals surface area (Å²) < 4.78 is 5.11. The fourth-order valence-corrected chi connectivity index (χ4v) is 2.35. The Morgan fingerprint density at radius 2 is 2.05 bits per heavy atom. The van der Waals surface area contributed by atoms with Crippen LogP contribution in [0.2, 0.25) is 0 Å². The van der Waals surface area contributed by atoms with Gasteiger partial charge < -0.3 is 19.6 Å². The summed E-state index contributed by atoms with van der Waals surface area (Å²) in [5.74, 6) is 0.812. The molecule has 5 nitrogen and oxygen atoms in total. The summed E-state index contributed by atoms with van der Waals surface area (Å²) in [6, 6.07) is 7.84. The Morgan fingerprint density at radius 1 is 1.37 bits per heavy atom. The molecule has 1 aliphatic rings. The van der Waals surface area contributed by atoms with Crippen molar-refractivity contribution in [3.8, 4) is 5.75 Å². The fourth-order valence-electron chi connectivity index (χ4n) is 2.35. The standard InChI is InChI=1S/C14H20N2O3/c1-15-12(7-8-17)10-16(14(15)18)9-11-3-5-13(19-2)6-4-11/h3-6,12,17H,7-10H2,1-2H3. The van der Waals surface area contributed by atoms with E-state index >= 15 is 0 Å². The monoisotopic (exact) mass is 264 g/mol. The molecule has 0 bridgehead atoms. The lowest BCUT2D eigenvalue weighted by Crippen LogP contribution is -2.31. The van der Waals surface area contributed by atoms with Gasteiger partial charge in [-0.05, 0) is 24.1 Å². The van der Waals surface area contributed by atoms with Crippen molar-refractivity contribution in [3.63, 3.8) is 0 Å². The number of carbonyl (C=O) groups is 1. The zero-order valence-corrected chi connectivity index (χ0v) is 11.4. The molecule has 1 N–H and O–H groups in total. The molecular weight excluding hydrogens is 244 g/mol. The minimum absolute atomic E-state index is 0.0225. The van der Waals surface area contributed by atoms with Gasteiger partial charge in [-0.2, -0.15) is 0 Å². The normalized spacial score (nSPS) is 19.1. The number of urea groups is 1. The van der Waals surface area contributed by atoms with E-state index in [9.17, 15) is 4.79 Å². The first kappa shape index (κ1) is 13.7. The molecule has 104 valence electrons. The lowest BCUT2D eigenvalue weighted by Gasteiger charge is -2.16. The Kier molecular flexibility index (Phi) is 4.27. The number of aliphatic hydroxyl groups is 1. The second kappa shape index (κ2) is 5.93. The highest BCUT2D eigenvalue weighted by atomic mass is 16.5. The molecule has 2 rings (SSSR count). The van der Waals surface area contributed by atoms with E-state index in [1.807, 2.05) is 29.2 Å². The highest BCUT2D eigenvalue weighted by molar-refractivity contribution is 5.76. The van der Waals surface area contributed by atoms with Gasteiger partial charge in [0.1, 0.15) is 5.75 Å². The number of benzene rings is 1. The number of methoxy groups -OCH3 is 1. The van der Waals surface area contributed by atoms with Crippen molar-refractivity contribution in [2.75, 3.05) is 27.3 Å². The van der Waals surface area contributed by atoms with Crippen LogP contribution in [-0.2, 0) is 6.54 Å². The van der Waals surface area contributed by atoms with Crippen molar-refractivity contribution in [1.29, 1.82) is 0 Å². The minimum atomic E-state index is 0.0225. The summed E-state index contributed by atoms with van der Waals surface area (Å²) in [4.78, 5) is 15.6. The van der Waals surface area contributed by atoms with Crippen LogP contribution < -0.4 is 4.74 Å². The molecule has 0 radical (unpaired) electrons. The fraction of sp³-hybridized carbons (Fsp3) is 0.500. The van der Waals surface area contributed by atoms with E-state index in [1.165, 1.54) is 0 Å². The predicted octanol–water partition coefficient (Wildman–Crippen LogP) is 1.31. The molecule has 1 fully saturated rings. The van der Waals surface area contributed by atoms with Crippen molar-refractivity contribution in [1.82, 2.24) is 9.80 Å². The number of aliphatic hydroxyl groups excluding tert-OH is 1. The van der Waals surface area contributed by atoms with Gasteiger partial charge in [-0.1, -0.05) is 12.1 Å². The van der Waals surface area contributed by atoms with Crippen molar-refractivity contribution in [3.05, 3.63) is 29.8 Å². The zero-order chi connectivity index (χ0) is 13.8. The number of nitrogens with zero attached hydrogens (tertiary/aromatic N) is 2. The van der Waals surface area contributed by atoms with Crippen LogP contribution in [0.15, 0.2) is 24.3 Å². The van der Waals surface area contributed by atoms with Gasteiger partial charge in [0.2, 0.25) is 0 Å². The van der Waals surface area contributed by atoms with E-state index in [1.54, 1.807) is 19.1 Å². The van der Waals surface area contributed by atoms with Gasteiger partial charge in [0.25, 0.3) is 0 Å². The van der Waals surface area contributed by atoms with Crippen LogP contribution in [0, 0.1) is 0 Å².